The molecule has 0 spiro atoms. The van der Waals surface area contributed by atoms with Crippen molar-refractivity contribution in [1.82, 2.24) is 14.9 Å². The summed E-state index contributed by atoms with van der Waals surface area (Å²) in [4.78, 5) is 28.2. The third kappa shape index (κ3) is 3.94. The zero-order valence-electron chi connectivity index (χ0n) is 14.5. The van der Waals surface area contributed by atoms with Crippen molar-refractivity contribution in [2.45, 2.75) is 19.8 Å². The first-order valence-corrected chi connectivity index (χ1v) is 8.31. The molecule has 0 bridgehead atoms. The maximum Gasteiger partial charge on any atom is 0.404 e. The van der Waals surface area contributed by atoms with Crippen molar-refractivity contribution in [3.8, 4) is 5.69 Å². The van der Waals surface area contributed by atoms with E-state index in [-0.39, 0.29) is 18.7 Å². The van der Waals surface area contributed by atoms with Crippen molar-refractivity contribution in [1.29, 1.82) is 0 Å². The molecule has 0 fully saturated rings. The third-order valence-electron chi connectivity index (χ3n) is 4.13. The van der Waals surface area contributed by atoms with E-state index in [9.17, 15) is 18.4 Å². The van der Waals surface area contributed by atoms with Crippen molar-refractivity contribution in [2.24, 2.45) is 0 Å². The third-order valence-corrected chi connectivity index (χ3v) is 4.13. The van der Waals surface area contributed by atoms with Crippen LogP contribution in [-0.2, 0) is 6.42 Å². The van der Waals surface area contributed by atoms with Crippen molar-refractivity contribution in [3.05, 3.63) is 69.8 Å². The summed E-state index contributed by atoms with van der Waals surface area (Å²) in [5.41, 5.74) is 0.796. The summed E-state index contributed by atoms with van der Waals surface area (Å²) in [5.74, 6) is -1.31. The van der Waals surface area contributed by atoms with Crippen LogP contribution in [0.25, 0.3) is 16.6 Å². The number of nitrogens with one attached hydrogen (secondary N) is 1. The second-order valence-electron chi connectivity index (χ2n) is 6.10. The van der Waals surface area contributed by atoms with Crippen LogP contribution in [0, 0.1) is 18.6 Å². The fraction of sp³-hybridized carbons (Fsp3) is 0.211. The van der Waals surface area contributed by atoms with Gasteiger partial charge in [-0.2, -0.15) is 0 Å². The number of rotatable bonds is 5. The Labute approximate surface area is 153 Å². The molecule has 1 amide bonds. The number of hydrogen-bond donors (Lipinski definition) is 2. The van der Waals surface area contributed by atoms with Gasteiger partial charge in [0, 0.05) is 19.0 Å². The predicted molar refractivity (Wildman–Crippen MR) is 96.3 cm³/mol. The SMILES string of the molecule is Cc1cccc2nc(CCCNC(=O)O)n(-c3cc(F)cc(F)c3)c(=O)c12. The highest BCUT2D eigenvalue weighted by molar-refractivity contribution is 5.81. The Kier molecular flexibility index (Phi) is 5.16. The van der Waals surface area contributed by atoms with Crippen LogP contribution >= 0.6 is 0 Å². The monoisotopic (exact) mass is 373 g/mol. The van der Waals surface area contributed by atoms with Gasteiger partial charge in [0.25, 0.3) is 5.56 Å². The van der Waals surface area contributed by atoms with Gasteiger partial charge in [0.1, 0.15) is 17.5 Å². The summed E-state index contributed by atoms with van der Waals surface area (Å²) in [6.45, 7) is 1.92. The summed E-state index contributed by atoms with van der Waals surface area (Å²) in [5, 5.41) is 11.3. The van der Waals surface area contributed by atoms with Crippen LogP contribution in [0.1, 0.15) is 17.8 Å². The Morgan fingerprint density at radius 1 is 1.22 bits per heavy atom. The lowest BCUT2D eigenvalue weighted by Crippen LogP contribution is -2.26. The lowest BCUT2D eigenvalue weighted by Gasteiger charge is -2.15. The largest absolute Gasteiger partial charge is 0.465 e. The maximum absolute atomic E-state index is 13.7. The second-order valence-corrected chi connectivity index (χ2v) is 6.10. The smallest absolute Gasteiger partial charge is 0.404 e. The van der Waals surface area contributed by atoms with Crippen LogP contribution in [-0.4, -0.2) is 27.3 Å². The number of carbonyl (C=O) groups is 1. The quantitative estimate of drug-likeness (QED) is 0.673. The molecule has 140 valence electrons. The van der Waals surface area contributed by atoms with Gasteiger partial charge in [-0.3, -0.25) is 9.36 Å². The summed E-state index contributed by atoms with van der Waals surface area (Å²) in [6.07, 6.45) is -0.535. The molecule has 0 aliphatic heterocycles. The molecule has 1 aromatic heterocycles. The minimum atomic E-state index is -1.15. The summed E-state index contributed by atoms with van der Waals surface area (Å²) < 4.78 is 28.6. The highest BCUT2D eigenvalue weighted by Crippen LogP contribution is 2.18. The number of carboxylic acid groups (broad SMARTS) is 1. The van der Waals surface area contributed by atoms with Gasteiger partial charge in [-0.1, -0.05) is 12.1 Å². The van der Waals surface area contributed by atoms with E-state index in [1.165, 1.54) is 4.57 Å². The van der Waals surface area contributed by atoms with Gasteiger partial charge in [-0.25, -0.2) is 18.6 Å². The molecule has 0 saturated heterocycles. The summed E-state index contributed by atoms with van der Waals surface area (Å²) in [7, 11) is 0. The molecule has 0 atom stereocenters. The number of benzene rings is 2. The lowest BCUT2D eigenvalue weighted by molar-refractivity contribution is 0.194. The van der Waals surface area contributed by atoms with Crippen molar-refractivity contribution in [2.75, 3.05) is 6.54 Å². The molecule has 3 rings (SSSR count). The Morgan fingerprint density at radius 3 is 2.59 bits per heavy atom. The van der Waals surface area contributed by atoms with Crippen molar-refractivity contribution in [3.63, 3.8) is 0 Å². The molecule has 2 N–H and O–H groups in total. The molecule has 1 heterocycles. The van der Waals surface area contributed by atoms with E-state index in [4.69, 9.17) is 5.11 Å². The number of hydrogen-bond acceptors (Lipinski definition) is 3. The molecular formula is C19H17F2N3O3. The van der Waals surface area contributed by atoms with Gasteiger partial charge in [0.2, 0.25) is 0 Å². The molecule has 6 nitrogen and oxygen atoms in total. The standard InChI is InChI=1S/C19H17F2N3O3/c1-11-4-2-5-15-17(11)18(25)24(14-9-12(20)8-13(21)10-14)16(23-15)6-3-7-22-19(26)27/h2,4-5,8-10,22H,3,6-7H2,1H3,(H,26,27). The molecule has 3 aromatic rings. The Bertz CT molecular complexity index is 1060. The van der Waals surface area contributed by atoms with E-state index in [2.05, 4.69) is 10.3 Å². The summed E-state index contributed by atoms with van der Waals surface area (Å²) in [6, 6.07) is 8.08. The number of halogens is 2. The molecular weight excluding hydrogens is 356 g/mol. The van der Waals surface area contributed by atoms with E-state index in [0.717, 1.165) is 18.2 Å². The molecule has 8 heteroatoms. The minimum Gasteiger partial charge on any atom is -0.465 e. The highest BCUT2D eigenvalue weighted by atomic mass is 19.1. The molecule has 27 heavy (non-hydrogen) atoms. The van der Waals surface area contributed by atoms with Crippen molar-refractivity contribution >= 4 is 17.0 Å². The van der Waals surface area contributed by atoms with Gasteiger partial charge < -0.3 is 10.4 Å². The first kappa shape index (κ1) is 18.5. The van der Waals surface area contributed by atoms with E-state index in [0.29, 0.717) is 28.7 Å². The van der Waals surface area contributed by atoms with Crippen LogP contribution in [0.3, 0.4) is 0 Å². The molecule has 2 aromatic carbocycles. The van der Waals surface area contributed by atoms with Gasteiger partial charge in [0.15, 0.2) is 0 Å². The lowest BCUT2D eigenvalue weighted by atomic mass is 10.1. The van der Waals surface area contributed by atoms with Crippen LogP contribution in [0.2, 0.25) is 0 Å². The van der Waals surface area contributed by atoms with E-state index >= 15 is 0 Å². The first-order valence-electron chi connectivity index (χ1n) is 8.31. The minimum absolute atomic E-state index is 0.0383. The van der Waals surface area contributed by atoms with Crippen molar-refractivity contribution < 1.29 is 18.7 Å². The number of nitrogens with zero attached hydrogens (tertiary/aromatic N) is 2. The molecule has 0 radical (unpaired) electrons. The van der Waals surface area contributed by atoms with Gasteiger partial charge in [-0.05, 0) is 37.1 Å². The average molecular weight is 373 g/mol. The maximum atomic E-state index is 13.7. The van der Waals surface area contributed by atoms with Gasteiger partial charge in [0.05, 0.1) is 16.6 Å². The number of aromatic nitrogens is 2. The normalized spacial score (nSPS) is 10.9. The Morgan fingerprint density at radius 2 is 1.93 bits per heavy atom. The topological polar surface area (TPSA) is 84.2 Å². The Hall–Kier alpha value is -3.29. The zero-order chi connectivity index (χ0) is 19.6. The molecule has 0 saturated carbocycles. The number of fused-ring (bicyclic) bond motifs is 1. The van der Waals surface area contributed by atoms with E-state index in [1.807, 2.05) is 0 Å². The number of amides is 1. The first-order chi connectivity index (χ1) is 12.9. The molecule has 0 aliphatic rings. The second kappa shape index (κ2) is 7.53. The fourth-order valence-electron chi connectivity index (χ4n) is 2.99. The van der Waals surface area contributed by atoms with Crippen LogP contribution in [0.15, 0.2) is 41.2 Å². The van der Waals surface area contributed by atoms with Gasteiger partial charge in [-0.15, -0.1) is 0 Å². The fourth-order valence-corrected chi connectivity index (χ4v) is 2.99. The van der Waals surface area contributed by atoms with E-state index in [1.54, 1.807) is 25.1 Å². The zero-order valence-corrected chi connectivity index (χ0v) is 14.5. The highest BCUT2D eigenvalue weighted by Gasteiger charge is 2.15. The summed E-state index contributed by atoms with van der Waals surface area (Å²) >= 11 is 0. The Balaban J connectivity index is 2.16. The predicted octanol–water partition coefficient (Wildman–Crippen LogP) is 3.17. The van der Waals surface area contributed by atoms with Crippen LogP contribution in [0.4, 0.5) is 13.6 Å². The van der Waals surface area contributed by atoms with Crippen LogP contribution in [0.5, 0.6) is 0 Å². The molecule has 0 unspecified atom stereocenters. The number of aryl methyl sites for hydroxylation is 2. The van der Waals surface area contributed by atoms with Crippen LogP contribution < -0.4 is 10.9 Å². The molecule has 0 aliphatic carbocycles. The van der Waals surface area contributed by atoms with E-state index < -0.39 is 23.3 Å². The van der Waals surface area contributed by atoms with Gasteiger partial charge >= 0.3 is 6.09 Å². The average Bonchev–Trinajstić information content (AvgIpc) is 2.57.